The fourth-order valence-electron chi connectivity index (χ4n) is 2.47. The minimum atomic E-state index is -4.59. The molecule has 156 valence electrons. The van der Waals surface area contributed by atoms with Crippen LogP contribution in [0.15, 0.2) is 52.9 Å². The van der Waals surface area contributed by atoms with E-state index >= 15 is 0 Å². The minimum absolute atomic E-state index is 0.108. The SMILES string of the molecule is O=C(NC(=S)Nc1ccc(I)cc1C(F)(F)F)c1ccc(-c2cc(Cl)ccc2Cl)o1. The quantitative estimate of drug-likeness (QED) is 0.257. The molecule has 4 nitrogen and oxygen atoms in total. The first-order valence-electron chi connectivity index (χ1n) is 8.09. The summed E-state index contributed by atoms with van der Waals surface area (Å²) >= 11 is 18.8. The van der Waals surface area contributed by atoms with Gasteiger partial charge in [0.15, 0.2) is 10.9 Å². The highest BCUT2D eigenvalue weighted by atomic mass is 127. The zero-order chi connectivity index (χ0) is 22.1. The normalized spacial score (nSPS) is 11.3. The van der Waals surface area contributed by atoms with Crippen molar-refractivity contribution in [2.75, 3.05) is 5.32 Å². The third-order valence-electron chi connectivity index (χ3n) is 3.79. The van der Waals surface area contributed by atoms with Crippen LogP contribution in [-0.2, 0) is 6.18 Å². The van der Waals surface area contributed by atoms with Crippen LogP contribution in [0.2, 0.25) is 10.0 Å². The topological polar surface area (TPSA) is 54.3 Å². The number of hydrogen-bond donors (Lipinski definition) is 2. The summed E-state index contributed by atoms with van der Waals surface area (Å²) in [6, 6.07) is 11.4. The van der Waals surface area contributed by atoms with Gasteiger partial charge < -0.3 is 9.73 Å². The average molecular weight is 585 g/mol. The molecule has 0 aliphatic carbocycles. The Morgan fingerprint density at radius 2 is 1.80 bits per heavy atom. The lowest BCUT2D eigenvalue weighted by atomic mass is 10.1. The molecular formula is C19H10Cl2F3IN2O2S. The van der Waals surface area contributed by atoms with E-state index in [-0.39, 0.29) is 16.6 Å². The van der Waals surface area contributed by atoms with E-state index in [9.17, 15) is 18.0 Å². The molecule has 1 aromatic heterocycles. The van der Waals surface area contributed by atoms with Gasteiger partial charge >= 0.3 is 6.18 Å². The standard InChI is InChI=1S/C19H10Cl2F3IN2O2S/c20-9-1-3-13(21)11(7-9)15-5-6-16(29-15)17(28)27-18(30)26-14-4-2-10(25)8-12(14)19(22,23)24/h1-8H,(H2,26,27,28,30). The molecule has 3 rings (SSSR count). The molecule has 0 bridgehead atoms. The summed E-state index contributed by atoms with van der Waals surface area (Å²) in [6.45, 7) is 0. The summed E-state index contributed by atoms with van der Waals surface area (Å²) in [4.78, 5) is 12.4. The van der Waals surface area contributed by atoms with E-state index in [0.717, 1.165) is 6.07 Å². The zero-order valence-electron chi connectivity index (χ0n) is 14.6. The van der Waals surface area contributed by atoms with Crippen LogP contribution in [0.3, 0.4) is 0 Å². The lowest BCUT2D eigenvalue weighted by Gasteiger charge is -2.15. The predicted molar refractivity (Wildman–Crippen MR) is 122 cm³/mol. The molecule has 1 amide bonds. The van der Waals surface area contributed by atoms with Crippen molar-refractivity contribution in [3.05, 3.63) is 73.5 Å². The molecule has 0 aliphatic heterocycles. The van der Waals surface area contributed by atoms with Gasteiger partial charge in [-0.2, -0.15) is 13.2 Å². The number of amides is 1. The molecular weight excluding hydrogens is 575 g/mol. The molecule has 30 heavy (non-hydrogen) atoms. The first kappa shape index (κ1) is 22.9. The molecule has 0 atom stereocenters. The van der Waals surface area contributed by atoms with Gasteiger partial charge in [-0.15, -0.1) is 0 Å². The number of benzene rings is 2. The smallest absolute Gasteiger partial charge is 0.418 e. The Bertz CT molecular complexity index is 1140. The molecule has 0 fully saturated rings. The second-order valence-electron chi connectivity index (χ2n) is 5.88. The van der Waals surface area contributed by atoms with Gasteiger partial charge in [-0.1, -0.05) is 23.2 Å². The summed E-state index contributed by atoms with van der Waals surface area (Å²) in [5, 5.41) is 5.17. The highest BCUT2D eigenvalue weighted by Gasteiger charge is 2.34. The third-order valence-corrected chi connectivity index (χ3v) is 5.23. The van der Waals surface area contributed by atoms with Gasteiger partial charge in [0.25, 0.3) is 5.91 Å². The summed E-state index contributed by atoms with van der Waals surface area (Å²) < 4.78 is 45.6. The van der Waals surface area contributed by atoms with Crippen LogP contribution in [0.1, 0.15) is 16.1 Å². The molecule has 1 heterocycles. The minimum Gasteiger partial charge on any atom is -0.451 e. The Kier molecular flexibility index (Phi) is 6.95. The second-order valence-corrected chi connectivity index (χ2v) is 8.38. The first-order valence-corrected chi connectivity index (χ1v) is 10.3. The third kappa shape index (κ3) is 5.45. The maximum Gasteiger partial charge on any atom is 0.418 e. The molecule has 0 saturated carbocycles. The number of thiocarbonyl (C=S) groups is 1. The number of carbonyl (C=O) groups is 1. The number of anilines is 1. The van der Waals surface area contributed by atoms with Crippen molar-refractivity contribution in [2.45, 2.75) is 6.18 Å². The van der Waals surface area contributed by atoms with Gasteiger partial charge in [0.1, 0.15) is 5.76 Å². The van der Waals surface area contributed by atoms with E-state index in [1.54, 1.807) is 40.8 Å². The maximum atomic E-state index is 13.2. The van der Waals surface area contributed by atoms with Crippen LogP contribution in [0.5, 0.6) is 0 Å². The molecule has 0 radical (unpaired) electrons. The van der Waals surface area contributed by atoms with E-state index in [0.29, 0.717) is 24.9 Å². The van der Waals surface area contributed by atoms with Gasteiger partial charge in [0.2, 0.25) is 0 Å². The van der Waals surface area contributed by atoms with Crippen LogP contribution in [0.25, 0.3) is 11.3 Å². The molecule has 2 aromatic carbocycles. The van der Waals surface area contributed by atoms with E-state index in [4.69, 9.17) is 39.8 Å². The van der Waals surface area contributed by atoms with Crippen molar-refractivity contribution in [3.8, 4) is 11.3 Å². The lowest BCUT2D eigenvalue weighted by Crippen LogP contribution is -2.34. The molecule has 2 N–H and O–H groups in total. The molecule has 0 spiro atoms. The first-order chi connectivity index (χ1) is 14.0. The van der Waals surface area contributed by atoms with Crippen LogP contribution in [-0.4, -0.2) is 11.0 Å². The van der Waals surface area contributed by atoms with Crippen molar-refractivity contribution >= 4 is 74.7 Å². The van der Waals surface area contributed by atoms with Crippen molar-refractivity contribution in [1.29, 1.82) is 0 Å². The lowest BCUT2D eigenvalue weighted by molar-refractivity contribution is -0.137. The monoisotopic (exact) mass is 584 g/mol. The van der Waals surface area contributed by atoms with E-state index in [2.05, 4.69) is 10.6 Å². The van der Waals surface area contributed by atoms with Crippen molar-refractivity contribution in [1.82, 2.24) is 5.32 Å². The Morgan fingerprint density at radius 3 is 2.50 bits per heavy atom. The average Bonchev–Trinajstić information content (AvgIpc) is 3.14. The Morgan fingerprint density at radius 1 is 1.07 bits per heavy atom. The van der Waals surface area contributed by atoms with Gasteiger partial charge in [0.05, 0.1) is 16.3 Å². The van der Waals surface area contributed by atoms with Crippen molar-refractivity contribution < 1.29 is 22.4 Å². The Hall–Kier alpha value is -1.82. The highest BCUT2D eigenvalue weighted by molar-refractivity contribution is 14.1. The van der Waals surface area contributed by atoms with Crippen LogP contribution in [0.4, 0.5) is 18.9 Å². The van der Waals surface area contributed by atoms with Crippen LogP contribution in [0, 0.1) is 3.57 Å². The van der Waals surface area contributed by atoms with Crippen molar-refractivity contribution in [2.24, 2.45) is 0 Å². The summed E-state index contributed by atoms with van der Waals surface area (Å²) in [5.41, 5.74) is -0.696. The number of nitrogens with one attached hydrogen (secondary N) is 2. The van der Waals surface area contributed by atoms with Crippen LogP contribution < -0.4 is 10.6 Å². The number of halogens is 6. The van der Waals surface area contributed by atoms with Crippen LogP contribution >= 0.6 is 58.0 Å². The van der Waals surface area contributed by atoms with Crippen molar-refractivity contribution in [3.63, 3.8) is 0 Å². The molecule has 0 aliphatic rings. The van der Waals surface area contributed by atoms with E-state index in [1.165, 1.54) is 24.3 Å². The zero-order valence-corrected chi connectivity index (χ0v) is 19.1. The molecule has 0 saturated heterocycles. The summed E-state index contributed by atoms with van der Waals surface area (Å²) in [7, 11) is 0. The molecule has 3 aromatic rings. The number of rotatable bonds is 3. The van der Waals surface area contributed by atoms with Gasteiger partial charge in [-0.05, 0) is 83.3 Å². The van der Waals surface area contributed by atoms with Gasteiger partial charge in [0, 0.05) is 14.2 Å². The van der Waals surface area contributed by atoms with Gasteiger partial charge in [-0.25, -0.2) is 0 Å². The molecule has 11 heteroatoms. The Labute approximate surface area is 197 Å². The fourth-order valence-corrected chi connectivity index (χ4v) is 3.55. The number of furan rings is 1. The number of carbonyl (C=O) groups excluding carboxylic acids is 1. The summed E-state index contributed by atoms with van der Waals surface area (Å²) in [5.74, 6) is -0.552. The number of alkyl halides is 3. The number of hydrogen-bond acceptors (Lipinski definition) is 3. The maximum absolute atomic E-state index is 13.2. The largest absolute Gasteiger partial charge is 0.451 e. The predicted octanol–water partition coefficient (Wildman–Crippen LogP) is 7.00. The second kappa shape index (κ2) is 9.13. The summed E-state index contributed by atoms with van der Waals surface area (Å²) in [6.07, 6.45) is -4.59. The van der Waals surface area contributed by atoms with E-state index < -0.39 is 17.6 Å². The van der Waals surface area contributed by atoms with E-state index in [1.807, 2.05) is 0 Å². The molecule has 0 unspecified atom stereocenters. The van der Waals surface area contributed by atoms with Gasteiger partial charge in [-0.3, -0.25) is 10.1 Å². The highest BCUT2D eigenvalue weighted by Crippen LogP contribution is 2.36. The fraction of sp³-hybridized carbons (Fsp3) is 0.0526. The Balaban J connectivity index is 1.74.